The third-order valence-electron chi connectivity index (χ3n) is 3.12. The number of nitro benzene ring substituents is 1. The van der Waals surface area contributed by atoms with Gasteiger partial charge >= 0.3 is 11.7 Å². The van der Waals surface area contributed by atoms with Crippen molar-refractivity contribution in [2.24, 2.45) is 5.41 Å². The first-order valence-corrected chi connectivity index (χ1v) is 7.28. The highest BCUT2D eigenvalue weighted by atomic mass is 16.6. The molecule has 0 unspecified atom stereocenters. The Morgan fingerprint density at radius 2 is 2.00 bits per heavy atom. The summed E-state index contributed by atoms with van der Waals surface area (Å²) in [5.41, 5.74) is 0.549. The molecule has 1 aromatic heterocycles. The molecule has 0 amide bonds. The molecule has 7 nitrogen and oxygen atoms in total. The Bertz CT molecular complexity index is 781. The maximum absolute atomic E-state index is 11.3. The van der Waals surface area contributed by atoms with Gasteiger partial charge in [0, 0.05) is 17.8 Å². The normalized spacial score (nSPS) is 11.1. The van der Waals surface area contributed by atoms with Crippen molar-refractivity contribution in [2.75, 3.05) is 6.61 Å². The fourth-order valence-corrected chi connectivity index (χ4v) is 1.96. The second-order valence-corrected chi connectivity index (χ2v) is 6.52. The minimum atomic E-state index is -1.08. The third-order valence-corrected chi connectivity index (χ3v) is 3.12. The molecule has 0 radical (unpaired) electrons. The van der Waals surface area contributed by atoms with Crippen LogP contribution >= 0.6 is 0 Å². The van der Waals surface area contributed by atoms with Crippen LogP contribution in [0.4, 0.5) is 5.69 Å². The number of ether oxygens (including phenoxy) is 1. The summed E-state index contributed by atoms with van der Waals surface area (Å²) in [5, 5.41) is 20.3. The molecule has 0 saturated heterocycles. The highest BCUT2D eigenvalue weighted by molar-refractivity contribution is 5.88. The van der Waals surface area contributed by atoms with Gasteiger partial charge in [-0.15, -0.1) is 0 Å². The highest BCUT2D eigenvalue weighted by Gasteiger charge is 2.20. The zero-order valence-electron chi connectivity index (χ0n) is 13.6. The van der Waals surface area contributed by atoms with Crippen molar-refractivity contribution < 1.29 is 19.6 Å². The van der Waals surface area contributed by atoms with Gasteiger partial charge in [-0.1, -0.05) is 20.8 Å². The Kier molecular flexibility index (Phi) is 4.82. The van der Waals surface area contributed by atoms with E-state index in [0.717, 1.165) is 0 Å². The van der Waals surface area contributed by atoms with Crippen LogP contribution in [0.1, 0.15) is 31.1 Å². The van der Waals surface area contributed by atoms with Crippen molar-refractivity contribution in [3.8, 4) is 17.0 Å². The first kappa shape index (κ1) is 17.4. The number of hydrogen-bond acceptors (Lipinski definition) is 5. The predicted octanol–water partition coefficient (Wildman–Crippen LogP) is 3.78. The minimum Gasteiger partial charge on any atom is -0.486 e. The lowest BCUT2D eigenvalue weighted by Crippen LogP contribution is -2.17. The van der Waals surface area contributed by atoms with E-state index >= 15 is 0 Å². The molecule has 7 heteroatoms. The van der Waals surface area contributed by atoms with Crippen LogP contribution in [0.2, 0.25) is 0 Å². The van der Waals surface area contributed by atoms with Crippen LogP contribution in [0.5, 0.6) is 5.75 Å². The number of aromatic carboxylic acids is 1. The van der Waals surface area contributed by atoms with E-state index in [1.807, 2.05) is 20.8 Å². The van der Waals surface area contributed by atoms with E-state index in [2.05, 4.69) is 4.98 Å². The number of pyridine rings is 1. The van der Waals surface area contributed by atoms with Gasteiger partial charge in [-0.2, -0.15) is 0 Å². The second kappa shape index (κ2) is 6.66. The molecule has 0 saturated carbocycles. The highest BCUT2D eigenvalue weighted by Crippen LogP contribution is 2.33. The summed E-state index contributed by atoms with van der Waals surface area (Å²) in [6.07, 6.45) is 1.36. The smallest absolute Gasteiger partial charge is 0.335 e. The molecule has 1 heterocycles. The van der Waals surface area contributed by atoms with Crippen molar-refractivity contribution in [1.29, 1.82) is 0 Å². The van der Waals surface area contributed by atoms with E-state index in [-0.39, 0.29) is 22.4 Å². The molecule has 0 aliphatic rings. The van der Waals surface area contributed by atoms with Gasteiger partial charge in [0.15, 0.2) is 5.75 Å². The van der Waals surface area contributed by atoms with E-state index < -0.39 is 10.9 Å². The number of hydrogen-bond donors (Lipinski definition) is 1. The quantitative estimate of drug-likeness (QED) is 0.661. The molecule has 0 fully saturated rings. The molecule has 0 spiro atoms. The molecule has 126 valence electrons. The number of aromatic nitrogens is 1. The summed E-state index contributed by atoms with van der Waals surface area (Å²) in [6, 6.07) is 7.21. The number of carboxylic acids is 1. The van der Waals surface area contributed by atoms with Crippen molar-refractivity contribution >= 4 is 11.7 Å². The maximum Gasteiger partial charge on any atom is 0.335 e. The SMILES string of the molecule is CC(C)(C)COc1ccc(-c2cc(C(=O)O)ccn2)cc1[N+](=O)[O-]. The monoisotopic (exact) mass is 330 g/mol. The lowest BCUT2D eigenvalue weighted by atomic mass is 9.98. The van der Waals surface area contributed by atoms with Gasteiger partial charge in [-0.05, 0) is 29.7 Å². The number of rotatable bonds is 5. The summed E-state index contributed by atoms with van der Waals surface area (Å²) in [5.74, 6) is -0.911. The molecule has 0 bridgehead atoms. The van der Waals surface area contributed by atoms with Gasteiger partial charge in [-0.3, -0.25) is 15.1 Å². The van der Waals surface area contributed by atoms with Crippen LogP contribution < -0.4 is 4.74 Å². The molecule has 1 aromatic carbocycles. The van der Waals surface area contributed by atoms with E-state index in [0.29, 0.717) is 17.9 Å². The summed E-state index contributed by atoms with van der Waals surface area (Å²) in [6.45, 7) is 6.23. The van der Waals surface area contributed by atoms with Crippen LogP contribution in [0, 0.1) is 15.5 Å². The average molecular weight is 330 g/mol. The van der Waals surface area contributed by atoms with Crippen LogP contribution in [0.25, 0.3) is 11.3 Å². The van der Waals surface area contributed by atoms with Crippen LogP contribution in [0.15, 0.2) is 36.5 Å². The molecule has 24 heavy (non-hydrogen) atoms. The van der Waals surface area contributed by atoms with Gasteiger partial charge in [-0.25, -0.2) is 4.79 Å². The molecule has 0 aliphatic carbocycles. The number of carboxylic acid groups (broad SMARTS) is 1. The fraction of sp³-hybridized carbons (Fsp3) is 0.294. The second-order valence-electron chi connectivity index (χ2n) is 6.52. The first-order valence-electron chi connectivity index (χ1n) is 7.28. The molecular formula is C17H18N2O5. The molecule has 2 aromatic rings. The molecule has 0 aliphatic heterocycles. The lowest BCUT2D eigenvalue weighted by molar-refractivity contribution is -0.385. The molecule has 2 rings (SSSR count). The van der Waals surface area contributed by atoms with Crippen molar-refractivity contribution in [3.63, 3.8) is 0 Å². The van der Waals surface area contributed by atoms with Crippen molar-refractivity contribution in [3.05, 3.63) is 52.2 Å². The fourth-order valence-electron chi connectivity index (χ4n) is 1.96. The van der Waals surface area contributed by atoms with Gasteiger partial charge in [0.05, 0.1) is 22.8 Å². The zero-order chi connectivity index (χ0) is 17.9. The standard InChI is InChI=1S/C17H18N2O5/c1-17(2,3)10-24-15-5-4-11(9-14(15)19(22)23)13-8-12(16(20)21)6-7-18-13/h4-9H,10H2,1-3H3,(H,20,21). The number of nitro groups is 1. The van der Waals surface area contributed by atoms with Crippen molar-refractivity contribution in [2.45, 2.75) is 20.8 Å². The van der Waals surface area contributed by atoms with Crippen molar-refractivity contribution in [1.82, 2.24) is 4.98 Å². The van der Waals surface area contributed by atoms with E-state index in [1.165, 1.54) is 30.5 Å². The number of carbonyl (C=O) groups is 1. The zero-order valence-corrected chi connectivity index (χ0v) is 13.6. The molecular weight excluding hydrogens is 312 g/mol. The summed E-state index contributed by atoms with van der Waals surface area (Å²) < 4.78 is 5.56. The van der Waals surface area contributed by atoms with Gasteiger partial charge in [0.25, 0.3) is 0 Å². The van der Waals surface area contributed by atoms with Crippen LogP contribution in [-0.2, 0) is 0 Å². The summed E-state index contributed by atoms with van der Waals surface area (Å²) in [7, 11) is 0. The van der Waals surface area contributed by atoms with Gasteiger partial charge in [0.2, 0.25) is 0 Å². The lowest BCUT2D eigenvalue weighted by Gasteiger charge is -2.18. The van der Waals surface area contributed by atoms with E-state index in [1.54, 1.807) is 6.07 Å². The Morgan fingerprint density at radius 1 is 1.29 bits per heavy atom. The Morgan fingerprint density at radius 3 is 2.58 bits per heavy atom. The number of nitrogens with zero attached hydrogens (tertiary/aromatic N) is 2. The van der Waals surface area contributed by atoms with E-state index in [4.69, 9.17) is 9.84 Å². The topological polar surface area (TPSA) is 103 Å². The molecule has 1 N–H and O–H groups in total. The van der Waals surface area contributed by atoms with Gasteiger partial charge in [0.1, 0.15) is 0 Å². The predicted molar refractivity (Wildman–Crippen MR) is 88.2 cm³/mol. The average Bonchev–Trinajstić information content (AvgIpc) is 2.52. The first-order chi connectivity index (χ1) is 11.2. The van der Waals surface area contributed by atoms with E-state index in [9.17, 15) is 14.9 Å². The minimum absolute atomic E-state index is 0.0655. The Balaban J connectivity index is 2.40. The Labute approximate surface area is 139 Å². The largest absolute Gasteiger partial charge is 0.486 e. The third kappa shape index (κ3) is 4.28. The van der Waals surface area contributed by atoms with Crippen LogP contribution in [0.3, 0.4) is 0 Å². The Hall–Kier alpha value is -2.96. The van der Waals surface area contributed by atoms with Gasteiger partial charge < -0.3 is 9.84 Å². The number of benzene rings is 1. The summed E-state index contributed by atoms with van der Waals surface area (Å²) >= 11 is 0. The maximum atomic E-state index is 11.3. The van der Waals surface area contributed by atoms with Crippen LogP contribution in [-0.4, -0.2) is 27.6 Å². The summed E-state index contributed by atoms with van der Waals surface area (Å²) in [4.78, 5) is 25.9. The molecule has 0 atom stereocenters.